The average Bonchev–Trinajstić information content (AvgIpc) is 3.43. The number of carbonyl (C=O) groups excluding carboxylic acids is 2. The molecule has 0 bridgehead atoms. The quantitative estimate of drug-likeness (QED) is 0.810. The second kappa shape index (κ2) is 7.79. The fourth-order valence-corrected chi connectivity index (χ4v) is 3.10. The van der Waals surface area contributed by atoms with E-state index in [1.54, 1.807) is 18.2 Å². The number of amides is 2. The van der Waals surface area contributed by atoms with Gasteiger partial charge in [0.1, 0.15) is 5.75 Å². The summed E-state index contributed by atoms with van der Waals surface area (Å²) < 4.78 is 5.22. The molecule has 2 N–H and O–H groups in total. The first-order chi connectivity index (χ1) is 12.5. The van der Waals surface area contributed by atoms with Crippen molar-refractivity contribution in [1.29, 1.82) is 0 Å². The molecule has 2 aromatic carbocycles. The van der Waals surface area contributed by atoms with Crippen molar-refractivity contribution in [1.82, 2.24) is 5.32 Å². The normalized spacial score (nSPS) is 19.3. The number of methoxy groups -OCH3 is 1. The number of rotatable bonds is 6. The maximum Gasteiger partial charge on any atom is 0.228 e. The molecule has 2 amide bonds. The van der Waals surface area contributed by atoms with Crippen LogP contribution in [0.25, 0.3) is 0 Å². The molecule has 0 saturated heterocycles. The second-order valence-electron chi connectivity index (χ2n) is 6.42. The molecule has 26 heavy (non-hydrogen) atoms. The van der Waals surface area contributed by atoms with Crippen LogP contribution in [0.15, 0.2) is 48.5 Å². The number of benzene rings is 2. The SMILES string of the molecule is COc1ccc(Cl)cc1NC(=O)C1CC1C(=O)NC(C)c1ccccc1. The van der Waals surface area contributed by atoms with Crippen LogP contribution in [-0.4, -0.2) is 18.9 Å². The molecule has 3 atom stereocenters. The summed E-state index contributed by atoms with van der Waals surface area (Å²) in [5, 5.41) is 6.28. The van der Waals surface area contributed by atoms with Crippen molar-refractivity contribution < 1.29 is 14.3 Å². The first kappa shape index (κ1) is 18.3. The van der Waals surface area contributed by atoms with E-state index < -0.39 is 0 Å². The van der Waals surface area contributed by atoms with Gasteiger partial charge in [-0.25, -0.2) is 0 Å². The maximum absolute atomic E-state index is 12.4. The van der Waals surface area contributed by atoms with Crippen LogP contribution in [0.2, 0.25) is 5.02 Å². The van der Waals surface area contributed by atoms with Gasteiger partial charge in [0.25, 0.3) is 0 Å². The van der Waals surface area contributed by atoms with E-state index in [1.807, 2.05) is 37.3 Å². The van der Waals surface area contributed by atoms with Crippen molar-refractivity contribution >= 4 is 29.1 Å². The van der Waals surface area contributed by atoms with Crippen LogP contribution in [0.4, 0.5) is 5.69 Å². The molecule has 1 fully saturated rings. The van der Waals surface area contributed by atoms with E-state index in [9.17, 15) is 9.59 Å². The third-order valence-electron chi connectivity index (χ3n) is 4.54. The minimum absolute atomic E-state index is 0.0963. The van der Waals surface area contributed by atoms with Gasteiger partial charge < -0.3 is 15.4 Å². The van der Waals surface area contributed by atoms with Crippen LogP contribution >= 0.6 is 11.6 Å². The van der Waals surface area contributed by atoms with Gasteiger partial charge in [0.2, 0.25) is 11.8 Å². The number of halogens is 1. The predicted molar refractivity (Wildman–Crippen MR) is 101 cm³/mol. The lowest BCUT2D eigenvalue weighted by molar-refractivity contribution is -0.125. The zero-order chi connectivity index (χ0) is 18.7. The van der Waals surface area contributed by atoms with E-state index in [0.29, 0.717) is 22.9 Å². The van der Waals surface area contributed by atoms with Gasteiger partial charge in [-0.05, 0) is 37.1 Å². The highest BCUT2D eigenvalue weighted by molar-refractivity contribution is 6.31. The summed E-state index contributed by atoms with van der Waals surface area (Å²) in [6, 6.07) is 14.6. The Morgan fingerprint density at radius 3 is 2.50 bits per heavy atom. The molecule has 0 aromatic heterocycles. The molecule has 0 spiro atoms. The highest BCUT2D eigenvalue weighted by atomic mass is 35.5. The fourth-order valence-electron chi connectivity index (χ4n) is 2.92. The Morgan fingerprint density at radius 2 is 1.81 bits per heavy atom. The van der Waals surface area contributed by atoms with Crippen LogP contribution in [0.1, 0.15) is 24.9 Å². The average molecular weight is 373 g/mol. The van der Waals surface area contributed by atoms with Crippen LogP contribution < -0.4 is 15.4 Å². The lowest BCUT2D eigenvalue weighted by atomic mass is 10.1. The Morgan fingerprint density at radius 1 is 1.12 bits per heavy atom. The smallest absolute Gasteiger partial charge is 0.228 e. The van der Waals surface area contributed by atoms with Crippen molar-refractivity contribution in [3.05, 3.63) is 59.1 Å². The number of carbonyl (C=O) groups is 2. The fraction of sp³-hybridized carbons (Fsp3) is 0.300. The van der Waals surface area contributed by atoms with E-state index in [4.69, 9.17) is 16.3 Å². The van der Waals surface area contributed by atoms with Crippen LogP contribution in [0.3, 0.4) is 0 Å². The minimum Gasteiger partial charge on any atom is -0.495 e. The summed E-state index contributed by atoms with van der Waals surface area (Å²) in [5.74, 6) is -0.396. The zero-order valence-corrected chi connectivity index (χ0v) is 15.4. The molecule has 0 heterocycles. The first-order valence-electron chi connectivity index (χ1n) is 8.49. The number of nitrogens with one attached hydrogen (secondary N) is 2. The Balaban J connectivity index is 1.57. The van der Waals surface area contributed by atoms with Crippen molar-refractivity contribution in [2.24, 2.45) is 11.8 Å². The molecule has 1 saturated carbocycles. The van der Waals surface area contributed by atoms with Gasteiger partial charge in [0, 0.05) is 5.02 Å². The third kappa shape index (κ3) is 4.17. The molecule has 2 aromatic rings. The van der Waals surface area contributed by atoms with Gasteiger partial charge in [0.15, 0.2) is 0 Å². The van der Waals surface area contributed by atoms with Crippen LogP contribution in [0.5, 0.6) is 5.75 Å². The van der Waals surface area contributed by atoms with Crippen LogP contribution in [0, 0.1) is 11.8 Å². The van der Waals surface area contributed by atoms with Gasteiger partial charge in [0.05, 0.1) is 30.7 Å². The minimum atomic E-state index is -0.332. The second-order valence-corrected chi connectivity index (χ2v) is 6.86. The van der Waals surface area contributed by atoms with E-state index in [2.05, 4.69) is 10.6 Å². The summed E-state index contributed by atoms with van der Waals surface area (Å²) in [6.45, 7) is 1.93. The summed E-state index contributed by atoms with van der Waals surface area (Å²) >= 11 is 5.98. The predicted octanol–water partition coefficient (Wildman–Crippen LogP) is 3.80. The summed E-state index contributed by atoms with van der Waals surface area (Å²) in [4.78, 5) is 24.8. The Bertz CT molecular complexity index is 810. The van der Waals surface area contributed by atoms with E-state index in [1.165, 1.54) is 7.11 Å². The van der Waals surface area contributed by atoms with Gasteiger partial charge in [-0.1, -0.05) is 41.9 Å². The summed E-state index contributed by atoms with van der Waals surface area (Å²) in [5.41, 5.74) is 1.54. The molecular weight excluding hydrogens is 352 g/mol. The first-order valence-corrected chi connectivity index (χ1v) is 8.87. The number of hydrogen-bond donors (Lipinski definition) is 2. The molecule has 1 aliphatic carbocycles. The summed E-state index contributed by atoms with van der Waals surface area (Å²) in [7, 11) is 1.53. The molecular formula is C20H21ClN2O3. The topological polar surface area (TPSA) is 67.4 Å². The Labute approximate surface area is 157 Å². The third-order valence-corrected chi connectivity index (χ3v) is 4.78. The lowest BCUT2D eigenvalue weighted by Gasteiger charge is -2.14. The van der Waals surface area contributed by atoms with Crippen molar-refractivity contribution in [2.45, 2.75) is 19.4 Å². The van der Waals surface area contributed by atoms with Crippen molar-refractivity contribution in [3.63, 3.8) is 0 Å². The highest BCUT2D eigenvalue weighted by Gasteiger charge is 2.48. The van der Waals surface area contributed by atoms with Gasteiger partial charge in [-0.3, -0.25) is 9.59 Å². The lowest BCUT2D eigenvalue weighted by Crippen LogP contribution is -2.29. The maximum atomic E-state index is 12.4. The highest BCUT2D eigenvalue weighted by Crippen LogP contribution is 2.40. The molecule has 5 nitrogen and oxygen atoms in total. The number of anilines is 1. The monoisotopic (exact) mass is 372 g/mol. The molecule has 3 unspecified atom stereocenters. The van der Waals surface area contributed by atoms with Crippen molar-refractivity contribution in [2.75, 3.05) is 12.4 Å². The standard InChI is InChI=1S/C20H21ClN2O3/c1-12(13-6-4-3-5-7-13)22-19(24)15-11-16(15)20(25)23-17-10-14(21)8-9-18(17)26-2/h3-10,12,15-16H,11H2,1-2H3,(H,22,24)(H,23,25). The summed E-state index contributed by atoms with van der Waals surface area (Å²) in [6.07, 6.45) is 0.544. The van der Waals surface area contributed by atoms with Gasteiger partial charge in [-0.15, -0.1) is 0 Å². The molecule has 3 rings (SSSR count). The number of hydrogen-bond acceptors (Lipinski definition) is 3. The van der Waals surface area contributed by atoms with E-state index >= 15 is 0 Å². The number of ether oxygens (including phenoxy) is 1. The largest absolute Gasteiger partial charge is 0.495 e. The molecule has 136 valence electrons. The molecule has 6 heteroatoms. The van der Waals surface area contributed by atoms with Gasteiger partial charge in [-0.2, -0.15) is 0 Å². The van der Waals surface area contributed by atoms with Crippen molar-refractivity contribution in [3.8, 4) is 5.75 Å². The molecule has 0 aliphatic heterocycles. The zero-order valence-electron chi connectivity index (χ0n) is 14.7. The van der Waals surface area contributed by atoms with E-state index in [-0.39, 0.29) is 29.7 Å². The molecule has 1 aliphatic rings. The van der Waals surface area contributed by atoms with Crippen LogP contribution in [-0.2, 0) is 9.59 Å². The Hall–Kier alpha value is -2.53. The molecule has 0 radical (unpaired) electrons. The Kier molecular flexibility index (Phi) is 5.47. The van der Waals surface area contributed by atoms with E-state index in [0.717, 1.165) is 5.56 Å². The van der Waals surface area contributed by atoms with Gasteiger partial charge >= 0.3 is 0 Å².